The summed E-state index contributed by atoms with van der Waals surface area (Å²) in [6.07, 6.45) is 1.68. The van der Waals surface area contributed by atoms with Crippen molar-refractivity contribution in [3.8, 4) is 0 Å². The molecule has 0 atom stereocenters. The molecule has 0 spiro atoms. The van der Waals surface area contributed by atoms with Gasteiger partial charge in [-0.25, -0.2) is 9.97 Å². The summed E-state index contributed by atoms with van der Waals surface area (Å²) in [6, 6.07) is 25.2. The number of para-hydroxylation sites is 2. The van der Waals surface area contributed by atoms with E-state index in [1.807, 2.05) is 90.4 Å². The van der Waals surface area contributed by atoms with Gasteiger partial charge in [-0.1, -0.05) is 29.8 Å². The maximum atomic E-state index is 12.5. The molecule has 2 heterocycles. The van der Waals surface area contributed by atoms with E-state index >= 15 is 0 Å². The number of rotatable bonds is 7. The Bertz CT molecular complexity index is 1470. The average Bonchev–Trinajstić information content (AvgIpc) is 3.24. The summed E-state index contributed by atoms with van der Waals surface area (Å²) in [6.45, 7) is 4.17. The normalized spacial score (nSPS) is 10.8. The van der Waals surface area contributed by atoms with Gasteiger partial charge in [0.2, 0.25) is 11.9 Å². The van der Waals surface area contributed by atoms with Crippen molar-refractivity contribution in [1.29, 1.82) is 0 Å². The first-order chi connectivity index (χ1) is 17.0. The van der Waals surface area contributed by atoms with Crippen LogP contribution in [0.2, 0.25) is 0 Å². The molecule has 0 saturated heterocycles. The molecule has 2 aromatic heterocycles. The Balaban J connectivity index is 1.22. The molecule has 3 aromatic carbocycles. The van der Waals surface area contributed by atoms with E-state index in [4.69, 9.17) is 0 Å². The summed E-state index contributed by atoms with van der Waals surface area (Å²) >= 11 is 0. The summed E-state index contributed by atoms with van der Waals surface area (Å²) in [7, 11) is 0. The lowest BCUT2D eigenvalue weighted by molar-refractivity contribution is -0.116. The second kappa shape index (κ2) is 9.64. The highest BCUT2D eigenvalue weighted by molar-refractivity contribution is 5.91. The lowest BCUT2D eigenvalue weighted by atomic mass is 10.2. The van der Waals surface area contributed by atoms with E-state index in [1.54, 1.807) is 6.33 Å². The third-order valence-electron chi connectivity index (χ3n) is 5.44. The fourth-order valence-electron chi connectivity index (χ4n) is 3.73. The highest BCUT2D eigenvalue weighted by Gasteiger charge is 2.08. The molecule has 174 valence electrons. The van der Waals surface area contributed by atoms with Gasteiger partial charge in [0.15, 0.2) is 0 Å². The Kier molecular flexibility index (Phi) is 6.09. The van der Waals surface area contributed by atoms with Gasteiger partial charge in [0.1, 0.15) is 12.4 Å². The number of nitrogens with zero attached hydrogens (tertiary/aromatic N) is 4. The number of hydrogen-bond donors (Lipinski definition) is 3. The number of carbonyl (C=O) groups is 1. The maximum Gasteiger partial charge on any atom is 0.244 e. The second-order valence-corrected chi connectivity index (χ2v) is 8.32. The molecule has 0 aliphatic carbocycles. The predicted octanol–water partition coefficient (Wildman–Crippen LogP) is 5.57. The first-order valence-electron chi connectivity index (χ1n) is 11.3. The molecule has 0 unspecified atom stereocenters. The number of amides is 1. The standard InChI is InChI=1S/C27H25N7O/c1-18-7-9-20(10-8-18)30-25-15-19(2)29-27(33-25)32-22-13-11-21(12-14-22)31-26(35)16-34-17-28-23-5-3-4-6-24(23)34/h3-15,17H,16H2,1-2H3,(H,31,35)(H2,29,30,32,33). The van der Waals surface area contributed by atoms with Crippen LogP contribution in [0.1, 0.15) is 11.3 Å². The number of fused-ring (bicyclic) bond motifs is 1. The molecule has 0 aliphatic rings. The highest BCUT2D eigenvalue weighted by atomic mass is 16.1. The third-order valence-corrected chi connectivity index (χ3v) is 5.44. The summed E-state index contributed by atoms with van der Waals surface area (Å²) in [5.41, 5.74) is 6.32. The van der Waals surface area contributed by atoms with Crippen molar-refractivity contribution < 1.29 is 4.79 Å². The SMILES string of the molecule is Cc1ccc(Nc2cc(C)nc(Nc3ccc(NC(=O)Cn4cnc5ccccc54)cc3)n2)cc1. The molecular formula is C27H25N7O. The van der Waals surface area contributed by atoms with E-state index < -0.39 is 0 Å². The Morgan fingerprint density at radius 1 is 0.829 bits per heavy atom. The van der Waals surface area contributed by atoms with E-state index in [0.717, 1.165) is 28.1 Å². The van der Waals surface area contributed by atoms with Gasteiger partial charge in [0, 0.05) is 28.8 Å². The molecule has 35 heavy (non-hydrogen) atoms. The van der Waals surface area contributed by atoms with Crippen LogP contribution in [0.15, 0.2) is 85.2 Å². The predicted molar refractivity (Wildman–Crippen MR) is 139 cm³/mol. The van der Waals surface area contributed by atoms with Crippen LogP contribution in [0.5, 0.6) is 0 Å². The molecule has 0 aliphatic heterocycles. The fraction of sp³-hybridized carbons (Fsp3) is 0.111. The summed E-state index contributed by atoms with van der Waals surface area (Å²) < 4.78 is 1.83. The zero-order valence-corrected chi connectivity index (χ0v) is 19.5. The van der Waals surface area contributed by atoms with E-state index in [0.29, 0.717) is 17.5 Å². The largest absolute Gasteiger partial charge is 0.340 e. The van der Waals surface area contributed by atoms with Gasteiger partial charge >= 0.3 is 0 Å². The minimum Gasteiger partial charge on any atom is -0.340 e. The highest BCUT2D eigenvalue weighted by Crippen LogP contribution is 2.21. The Morgan fingerprint density at radius 2 is 1.51 bits per heavy atom. The van der Waals surface area contributed by atoms with Crippen LogP contribution in [0.25, 0.3) is 11.0 Å². The van der Waals surface area contributed by atoms with Crippen molar-refractivity contribution in [1.82, 2.24) is 19.5 Å². The molecule has 0 radical (unpaired) electrons. The molecule has 1 amide bonds. The van der Waals surface area contributed by atoms with Crippen LogP contribution >= 0.6 is 0 Å². The zero-order chi connectivity index (χ0) is 24.2. The number of imidazole rings is 1. The lowest BCUT2D eigenvalue weighted by Crippen LogP contribution is -2.18. The zero-order valence-electron chi connectivity index (χ0n) is 19.5. The summed E-state index contributed by atoms with van der Waals surface area (Å²) in [5.74, 6) is 1.07. The Labute approximate surface area is 203 Å². The monoisotopic (exact) mass is 463 g/mol. The molecule has 5 rings (SSSR count). The summed E-state index contributed by atoms with van der Waals surface area (Å²) in [5, 5.41) is 9.47. The smallest absolute Gasteiger partial charge is 0.244 e. The van der Waals surface area contributed by atoms with Gasteiger partial charge < -0.3 is 20.5 Å². The number of benzene rings is 3. The fourth-order valence-corrected chi connectivity index (χ4v) is 3.73. The van der Waals surface area contributed by atoms with Crippen LogP contribution in [0.3, 0.4) is 0 Å². The molecule has 0 bridgehead atoms. The van der Waals surface area contributed by atoms with Crippen LogP contribution in [-0.2, 0) is 11.3 Å². The van der Waals surface area contributed by atoms with Gasteiger partial charge in [-0.3, -0.25) is 4.79 Å². The molecule has 5 aromatic rings. The van der Waals surface area contributed by atoms with Crippen LogP contribution in [0.4, 0.5) is 28.8 Å². The van der Waals surface area contributed by atoms with Crippen molar-refractivity contribution in [3.63, 3.8) is 0 Å². The molecule has 3 N–H and O–H groups in total. The number of aromatic nitrogens is 4. The van der Waals surface area contributed by atoms with E-state index in [2.05, 4.69) is 37.8 Å². The average molecular weight is 464 g/mol. The number of anilines is 5. The van der Waals surface area contributed by atoms with Gasteiger partial charge in [0.05, 0.1) is 17.4 Å². The summed E-state index contributed by atoms with van der Waals surface area (Å²) in [4.78, 5) is 25.9. The number of hydrogen-bond acceptors (Lipinski definition) is 6. The Morgan fingerprint density at radius 3 is 2.31 bits per heavy atom. The number of aryl methyl sites for hydroxylation is 2. The molecule has 0 saturated carbocycles. The third kappa shape index (κ3) is 5.44. The second-order valence-electron chi connectivity index (χ2n) is 8.32. The van der Waals surface area contributed by atoms with Gasteiger partial charge in [-0.2, -0.15) is 4.98 Å². The molecule has 0 fully saturated rings. The number of carbonyl (C=O) groups excluding carboxylic acids is 1. The first-order valence-corrected chi connectivity index (χ1v) is 11.3. The minimum atomic E-state index is -0.122. The topological polar surface area (TPSA) is 96.8 Å². The minimum absolute atomic E-state index is 0.122. The van der Waals surface area contributed by atoms with Crippen molar-refractivity contribution >= 4 is 45.8 Å². The molecule has 8 nitrogen and oxygen atoms in total. The van der Waals surface area contributed by atoms with Crippen LogP contribution in [0, 0.1) is 13.8 Å². The maximum absolute atomic E-state index is 12.5. The van der Waals surface area contributed by atoms with E-state index in [-0.39, 0.29) is 12.5 Å². The van der Waals surface area contributed by atoms with E-state index in [1.165, 1.54) is 5.56 Å². The van der Waals surface area contributed by atoms with Crippen molar-refractivity contribution in [3.05, 3.63) is 96.4 Å². The van der Waals surface area contributed by atoms with Crippen molar-refractivity contribution in [2.45, 2.75) is 20.4 Å². The van der Waals surface area contributed by atoms with Gasteiger partial charge in [-0.15, -0.1) is 0 Å². The quantitative estimate of drug-likeness (QED) is 0.292. The molecular weight excluding hydrogens is 438 g/mol. The number of nitrogens with one attached hydrogen (secondary N) is 3. The van der Waals surface area contributed by atoms with Gasteiger partial charge in [-0.05, 0) is 62.4 Å². The van der Waals surface area contributed by atoms with E-state index in [9.17, 15) is 4.79 Å². The van der Waals surface area contributed by atoms with Crippen LogP contribution in [-0.4, -0.2) is 25.4 Å². The first kappa shape index (κ1) is 22.1. The lowest BCUT2D eigenvalue weighted by Gasteiger charge is -2.11. The Hall–Kier alpha value is -4.72. The molecule has 8 heteroatoms. The van der Waals surface area contributed by atoms with Crippen molar-refractivity contribution in [2.75, 3.05) is 16.0 Å². The van der Waals surface area contributed by atoms with Crippen molar-refractivity contribution in [2.24, 2.45) is 0 Å². The van der Waals surface area contributed by atoms with Gasteiger partial charge in [0.25, 0.3) is 0 Å². The van der Waals surface area contributed by atoms with Crippen LogP contribution < -0.4 is 16.0 Å².